The minimum absolute atomic E-state index is 0.120. The van der Waals surface area contributed by atoms with Crippen molar-refractivity contribution in [2.24, 2.45) is 23.2 Å². The van der Waals surface area contributed by atoms with Crippen molar-refractivity contribution in [3.63, 3.8) is 0 Å². The van der Waals surface area contributed by atoms with Gasteiger partial charge in [-0.3, -0.25) is 4.79 Å². The Morgan fingerprint density at radius 3 is 2.31 bits per heavy atom. The summed E-state index contributed by atoms with van der Waals surface area (Å²) < 4.78 is 5.93. The first-order valence-electron chi connectivity index (χ1n) is 13.8. The smallest absolute Gasteiger partial charge is 0.255 e. The van der Waals surface area contributed by atoms with Crippen molar-refractivity contribution in [3.05, 3.63) is 65.7 Å². The molecule has 4 heteroatoms. The van der Waals surface area contributed by atoms with Crippen molar-refractivity contribution in [1.82, 2.24) is 5.32 Å². The van der Waals surface area contributed by atoms with E-state index < -0.39 is 6.10 Å². The number of ether oxygens (including phenoxy) is 1. The zero-order chi connectivity index (χ0) is 24.1. The van der Waals surface area contributed by atoms with E-state index in [0.717, 1.165) is 43.4 Å². The molecule has 0 spiro atoms. The Hall–Kier alpha value is -2.33. The van der Waals surface area contributed by atoms with Gasteiger partial charge in [0, 0.05) is 6.54 Å². The lowest BCUT2D eigenvalue weighted by atomic mass is 9.48. The molecule has 2 N–H and O–H groups in total. The molecular weight excluding hydrogens is 434 g/mol. The zero-order valence-electron chi connectivity index (χ0n) is 21.0. The van der Waals surface area contributed by atoms with Crippen LogP contribution in [-0.4, -0.2) is 30.3 Å². The number of aliphatic hydroxyl groups excluding tert-OH is 1. The largest absolute Gasteiger partial charge is 0.490 e. The third-order valence-electron chi connectivity index (χ3n) is 8.74. The van der Waals surface area contributed by atoms with Gasteiger partial charge in [-0.1, -0.05) is 48.9 Å². The van der Waals surface area contributed by atoms with E-state index in [4.69, 9.17) is 4.74 Å². The number of hydrogen-bond donors (Lipinski definition) is 2. The number of carbonyl (C=O) groups is 1. The first-order valence-corrected chi connectivity index (χ1v) is 13.8. The minimum atomic E-state index is -0.495. The van der Waals surface area contributed by atoms with E-state index in [1.807, 2.05) is 36.4 Å². The summed E-state index contributed by atoms with van der Waals surface area (Å²) in [6.07, 6.45) is 13.2. The van der Waals surface area contributed by atoms with E-state index >= 15 is 0 Å². The molecule has 2 aromatic carbocycles. The van der Waals surface area contributed by atoms with Crippen molar-refractivity contribution in [2.45, 2.75) is 76.7 Å². The summed E-state index contributed by atoms with van der Waals surface area (Å²) in [6, 6.07) is 17.7. The van der Waals surface area contributed by atoms with Crippen LogP contribution in [0.5, 0.6) is 5.75 Å². The molecule has 4 bridgehead atoms. The minimum Gasteiger partial charge on any atom is -0.490 e. The third kappa shape index (κ3) is 6.27. The predicted molar refractivity (Wildman–Crippen MR) is 139 cm³/mol. The number of para-hydroxylation sites is 1. The molecule has 0 aromatic heterocycles. The number of amides is 1. The average molecular weight is 476 g/mol. The van der Waals surface area contributed by atoms with Gasteiger partial charge in [0.25, 0.3) is 5.91 Å². The molecule has 0 saturated heterocycles. The lowest BCUT2D eigenvalue weighted by Crippen LogP contribution is -2.46. The Kier molecular flexibility index (Phi) is 7.77. The summed E-state index contributed by atoms with van der Waals surface area (Å²) in [5.41, 5.74) is 2.39. The van der Waals surface area contributed by atoms with E-state index in [9.17, 15) is 9.90 Å². The lowest BCUT2D eigenvalue weighted by Gasteiger charge is -2.57. The monoisotopic (exact) mass is 475 g/mol. The summed E-state index contributed by atoms with van der Waals surface area (Å²) in [5.74, 6) is 3.37. The Labute approximate surface area is 210 Å². The maximum Gasteiger partial charge on any atom is 0.255 e. The van der Waals surface area contributed by atoms with E-state index in [1.165, 1.54) is 50.5 Å². The van der Waals surface area contributed by atoms with Crippen molar-refractivity contribution < 1.29 is 14.6 Å². The number of rotatable bonds is 12. The highest BCUT2D eigenvalue weighted by molar-refractivity contribution is 5.96. The Bertz CT molecular complexity index is 937. The van der Waals surface area contributed by atoms with Crippen molar-refractivity contribution in [1.29, 1.82) is 0 Å². The summed E-state index contributed by atoms with van der Waals surface area (Å²) in [7, 11) is 0. The van der Waals surface area contributed by atoms with E-state index in [2.05, 4.69) is 17.4 Å². The van der Waals surface area contributed by atoms with Crippen LogP contribution >= 0.6 is 0 Å². The fourth-order valence-electron chi connectivity index (χ4n) is 7.59. The standard InChI is InChI=1S/C31H41NO3/c33-27(11-6-14-31-19-24-16-25(20-31)18-26(17-24)21-31)22-35-29-13-5-4-12-28(29)30(34)32-15-7-10-23-8-2-1-3-9-23/h1-5,8-9,12-13,24-27,33H,6-7,10-11,14-22H2,(H,32,34). The number of carbonyl (C=O) groups excluding carboxylic acids is 1. The molecule has 35 heavy (non-hydrogen) atoms. The molecule has 4 aliphatic carbocycles. The maximum absolute atomic E-state index is 12.7. The SMILES string of the molecule is O=C(NCCCc1ccccc1)c1ccccc1OCC(O)CCCC12CC3CC(CC(C3)C1)C2. The number of aryl methyl sites for hydroxylation is 1. The third-order valence-corrected chi connectivity index (χ3v) is 8.74. The lowest BCUT2D eigenvalue weighted by molar-refractivity contribution is -0.0597. The summed E-state index contributed by atoms with van der Waals surface area (Å²) >= 11 is 0. The van der Waals surface area contributed by atoms with Gasteiger partial charge in [0.1, 0.15) is 12.4 Å². The van der Waals surface area contributed by atoms with Crippen LogP contribution < -0.4 is 10.1 Å². The topological polar surface area (TPSA) is 58.6 Å². The Morgan fingerprint density at radius 2 is 1.60 bits per heavy atom. The van der Waals surface area contributed by atoms with Crippen LogP contribution in [0.1, 0.15) is 80.1 Å². The van der Waals surface area contributed by atoms with Gasteiger partial charge < -0.3 is 15.2 Å². The molecule has 4 nitrogen and oxygen atoms in total. The van der Waals surface area contributed by atoms with Crippen LogP contribution in [-0.2, 0) is 6.42 Å². The highest BCUT2D eigenvalue weighted by Gasteiger charge is 2.50. The van der Waals surface area contributed by atoms with Gasteiger partial charge in [0.05, 0.1) is 11.7 Å². The van der Waals surface area contributed by atoms with Crippen LogP contribution in [0.4, 0.5) is 0 Å². The maximum atomic E-state index is 12.7. The van der Waals surface area contributed by atoms with Gasteiger partial charge in [-0.15, -0.1) is 0 Å². The highest BCUT2D eigenvalue weighted by Crippen LogP contribution is 2.61. The molecule has 1 unspecified atom stereocenters. The first kappa shape index (κ1) is 24.4. The molecule has 1 atom stereocenters. The number of aliphatic hydroxyl groups is 1. The van der Waals surface area contributed by atoms with Crippen LogP contribution in [0.3, 0.4) is 0 Å². The van der Waals surface area contributed by atoms with Crippen LogP contribution in [0.15, 0.2) is 54.6 Å². The first-order chi connectivity index (χ1) is 17.1. The molecule has 4 aliphatic rings. The van der Waals surface area contributed by atoms with Gasteiger partial charge in [0.2, 0.25) is 0 Å². The molecule has 2 aromatic rings. The fourth-order valence-corrected chi connectivity index (χ4v) is 7.59. The zero-order valence-corrected chi connectivity index (χ0v) is 21.0. The van der Waals surface area contributed by atoms with E-state index in [-0.39, 0.29) is 12.5 Å². The van der Waals surface area contributed by atoms with Gasteiger partial charge in [-0.05, 0) is 105 Å². The molecule has 1 amide bonds. The van der Waals surface area contributed by atoms with Gasteiger partial charge in [0.15, 0.2) is 0 Å². The summed E-state index contributed by atoms with van der Waals surface area (Å²) in [4.78, 5) is 12.7. The highest BCUT2D eigenvalue weighted by atomic mass is 16.5. The van der Waals surface area contributed by atoms with Crippen molar-refractivity contribution >= 4 is 5.91 Å². The molecule has 4 fully saturated rings. The molecule has 6 rings (SSSR count). The normalized spacial score (nSPS) is 27.5. The summed E-state index contributed by atoms with van der Waals surface area (Å²) in [5, 5.41) is 13.6. The summed E-state index contributed by atoms with van der Waals surface area (Å²) in [6.45, 7) is 0.855. The molecule has 0 heterocycles. The molecule has 4 saturated carbocycles. The van der Waals surface area contributed by atoms with Crippen molar-refractivity contribution in [3.8, 4) is 5.75 Å². The number of nitrogens with one attached hydrogen (secondary N) is 1. The quantitative estimate of drug-likeness (QED) is 0.361. The number of hydrogen-bond acceptors (Lipinski definition) is 3. The average Bonchev–Trinajstić information content (AvgIpc) is 2.85. The second-order valence-electron chi connectivity index (χ2n) is 11.6. The molecule has 0 aliphatic heterocycles. The van der Waals surface area contributed by atoms with Gasteiger partial charge in [-0.2, -0.15) is 0 Å². The molecular formula is C31H41NO3. The predicted octanol–water partition coefficient (Wildman–Crippen LogP) is 6.18. The second-order valence-corrected chi connectivity index (χ2v) is 11.6. The Morgan fingerprint density at radius 1 is 0.943 bits per heavy atom. The van der Waals surface area contributed by atoms with E-state index in [1.54, 1.807) is 6.07 Å². The van der Waals surface area contributed by atoms with Gasteiger partial charge in [-0.25, -0.2) is 0 Å². The van der Waals surface area contributed by atoms with Crippen molar-refractivity contribution in [2.75, 3.05) is 13.2 Å². The Balaban J connectivity index is 1.04. The van der Waals surface area contributed by atoms with Crippen LogP contribution in [0.2, 0.25) is 0 Å². The van der Waals surface area contributed by atoms with E-state index in [0.29, 0.717) is 23.3 Å². The number of benzene rings is 2. The molecule has 0 radical (unpaired) electrons. The van der Waals surface area contributed by atoms with Crippen LogP contribution in [0.25, 0.3) is 0 Å². The second kappa shape index (κ2) is 11.2. The molecule has 188 valence electrons. The van der Waals surface area contributed by atoms with Gasteiger partial charge >= 0.3 is 0 Å². The fraction of sp³-hybridized carbons (Fsp3) is 0.581. The van der Waals surface area contributed by atoms with Crippen LogP contribution in [0, 0.1) is 23.2 Å².